The van der Waals surface area contributed by atoms with E-state index in [4.69, 9.17) is 0 Å². The van der Waals surface area contributed by atoms with Gasteiger partial charge in [0.2, 0.25) is 0 Å². The number of nitrogens with zero attached hydrogens (tertiary/aromatic N) is 1. The van der Waals surface area contributed by atoms with Gasteiger partial charge in [0.25, 0.3) is 0 Å². The molecule has 0 saturated carbocycles. The Balaban J connectivity index is 2.43. The molecule has 0 aromatic heterocycles. The molecule has 1 aromatic carbocycles. The van der Waals surface area contributed by atoms with E-state index in [-0.39, 0.29) is 11.7 Å². The first-order valence-electron chi connectivity index (χ1n) is 5.25. The largest absolute Gasteiger partial charge is 0.371 e. The minimum absolute atomic E-state index is 0.0265. The van der Waals surface area contributed by atoms with Crippen LogP contribution in [0.3, 0.4) is 0 Å². The van der Waals surface area contributed by atoms with Gasteiger partial charge in [-0.3, -0.25) is 0 Å². The van der Waals surface area contributed by atoms with Crippen LogP contribution in [0.15, 0.2) is 18.2 Å². The molecule has 1 aromatic rings. The van der Waals surface area contributed by atoms with Crippen molar-refractivity contribution in [2.24, 2.45) is 0 Å². The van der Waals surface area contributed by atoms with Gasteiger partial charge < -0.3 is 9.69 Å². The Bertz CT molecular complexity index is 378. The minimum Gasteiger partial charge on any atom is -0.371 e. The Morgan fingerprint density at radius 3 is 3.07 bits per heavy atom. The molecule has 80 valence electrons. The second-order valence-corrected chi connectivity index (χ2v) is 3.81. The fourth-order valence-electron chi connectivity index (χ4n) is 2.27. The second kappa shape index (κ2) is 4.01. The molecule has 1 unspecified atom stereocenters. The molecule has 0 N–H and O–H groups in total. The number of rotatable bonds is 3. The summed E-state index contributed by atoms with van der Waals surface area (Å²) >= 11 is 0. The van der Waals surface area contributed by atoms with Crippen molar-refractivity contribution in [2.45, 2.75) is 19.3 Å². The van der Waals surface area contributed by atoms with E-state index in [0.29, 0.717) is 12.0 Å². The molecule has 0 amide bonds. The van der Waals surface area contributed by atoms with Crippen molar-refractivity contribution in [3.8, 4) is 0 Å². The summed E-state index contributed by atoms with van der Waals surface area (Å²) in [5.74, 6) is -0.158. The maximum absolute atomic E-state index is 13.6. The minimum atomic E-state index is -0.185. The molecule has 15 heavy (non-hydrogen) atoms. The molecule has 0 spiro atoms. The molecule has 0 aliphatic carbocycles. The van der Waals surface area contributed by atoms with Crippen LogP contribution in [-0.4, -0.2) is 19.4 Å². The first kappa shape index (κ1) is 10.1. The molecule has 1 heterocycles. The third kappa shape index (κ3) is 1.62. The fourth-order valence-corrected chi connectivity index (χ4v) is 2.27. The number of anilines is 1. The molecule has 2 nitrogen and oxygen atoms in total. The fraction of sp³-hybridized carbons (Fsp3) is 0.417. The maximum atomic E-state index is 13.6. The number of hydrogen-bond acceptors (Lipinski definition) is 2. The van der Waals surface area contributed by atoms with Crippen molar-refractivity contribution in [1.82, 2.24) is 0 Å². The van der Waals surface area contributed by atoms with Crippen LogP contribution in [0.5, 0.6) is 0 Å². The Hall–Kier alpha value is -1.38. The number of benzene rings is 1. The quantitative estimate of drug-likeness (QED) is 0.709. The van der Waals surface area contributed by atoms with Crippen LogP contribution in [0.2, 0.25) is 0 Å². The van der Waals surface area contributed by atoms with Crippen LogP contribution in [0.4, 0.5) is 10.1 Å². The van der Waals surface area contributed by atoms with Crippen LogP contribution in [0, 0.1) is 5.82 Å². The predicted molar refractivity (Wildman–Crippen MR) is 57.7 cm³/mol. The van der Waals surface area contributed by atoms with Gasteiger partial charge in [0.05, 0.1) is 0 Å². The second-order valence-electron chi connectivity index (χ2n) is 3.81. The van der Waals surface area contributed by atoms with E-state index < -0.39 is 0 Å². The summed E-state index contributed by atoms with van der Waals surface area (Å²) in [7, 11) is 0. The van der Waals surface area contributed by atoms with E-state index in [1.807, 2.05) is 13.0 Å². The Morgan fingerprint density at radius 1 is 1.60 bits per heavy atom. The lowest BCUT2D eigenvalue weighted by molar-refractivity contribution is -0.108. The smallest absolute Gasteiger partial charge is 0.128 e. The molecular formula is C12H14FNO. The maximum Gasteiger partial charge on any atom is 0.128 e. The summed E-state index contributed by atoms with van der Waals surface area (Å²) in [5, 5.41) is 0. The summed E-state index contributed by atoms with van der Waals surface area (Å²) in [6.45, 7) is 3.65. The van der Waals surface area contributed by atoms with E-state index in [2.05, 4.69) is 4.90 Å². The van der Waals surface area contributed by atoms with Crippen molar-refractivity contribution in [3.05, 3.63) is 29.6 Å². The SMILES string of the molecule is CCN1CC(CC=O)c2c(F)cccc21. The van der Waals surface area contributed by atoms with E-state index in [1.165, 1.54) is 6.07 Å². The number of fused-ring (bicyclic) bond motifs is 1. The highest BCUT2D eigenvalue weighted by Crippen LogP contribution is 2.38. The standard InChI is InChI=1S/C12H14FNO/c1-2-14-8-9(6-7-15)12-10(13)4-3-5-11(12)14/h3-5,7,9H,2,6,8H2,1H3. The third-order valence-electron chi connectivity index (χ3n) is 2.98. The molecule has 0 fully saturated rings. The van der Waals surface area contributed by atoms with Gasteiger partial charge in [0.15, 0.2) is 0 Å². The summed E-state index contributed by atoms with van der Waals surface area (Å²) in [5.41, 5.74) is 1.66. The van der Waals surface area contributed by atoms with Crippen molar-refractivity contribution < 1.29 is 9.18 Å². The topological polar surface area (TPSA) is 20.3 Å². The van der Waals surface area contributed by atoms with Crippen molar-refractivity contribution in [1.29, 1.82) is 0 Å². The zero-order valence-electron chi connectivity index (χ0n) is 8.74. The van der Waals surface area contributed by atoms with Crippen LogP contribution < -0.4 is 4.90 Å². The Morgan fingerprint density at radius 2 is 2.40 bits per heavy atom. The Kier molecular flexibility index (Phi) is 2.71. The first-order valence-corrected chi connectivity index (χ1v) is 5.25. The summed E-state index contributed by atoms with van der Waals surface area (Å²) < 4.78 is 13.6. The predicted octanol–water partition coefficient (Wildman–Crippen LogP) is 2.34. The molecule has 1 aliphatic rings. The van der Waals surface area contributed by atoms with Gasteiger partial charge in [0.1, 0.15) is 12.1 Å². The van der Waals surface area contributed by atoms with Gasteiger partial charge in [-0.05, 0) is 19.1 Å². The normalized spacial score (nSPS) is 19.1. The van der Waals surface area contributed by atoms with Crippen molar-refractivity contribution >= 4 is 12.0 Å². The lowest BCUT2D eigenvalue weighted by Gasteiger charge is -2.16. The molecule has 2 rings (SSSR count). The molecule has 1 atom stereocenters. The number of halogens is 1. The van der Waals surface area contributed by atoms with Gasteiger partial charge in [-0.25, -0.2) is 4.39 Å². The molecular weight excluding hydrogens is 193 g/mol. The van der Waals surface area contributed by atoms with Crippen LogP contribution in [0.25, 0.3) is 0 Å². The van der Waals surface area contributed by atoms with Gasteiger partial charge in [-0.2, -0.15) is 0 Å². The number of aldehydes is 1. The van der Waals surface area contributed by atoms with E-state index in [0.717, 1.165) is 25.1 Å². The summed E-state index contributed by atoms with van der Waals surface area (Å²) in [4.78, 5) is 12.7. The average molecular weight is 207 g/mol. The highest BCUT2D eigenvalue weighted by Gasteiger charge is 2.29. The van der Waals surface area contributed by atoms with Crippen LogP contribution in [0.1, 0.15) is 24.8 Å². The number of hydrogen-bond donors (Lipinski definition) is 0. The summed E-state index contributed by atoms with van der Waals surface area (Å²) in [6.07, 6.45) is 1.28. The van der Waals surface area contributed by atoms with Crippen molar-refractivity contribution in [2.75, 3.05) is 18.0 Å². The molecule has 3 heteroatoms. The molecule has 1 aliphatic heterocycles. The number of carbonyl (C=O) groups excluding carboxylic acids is 1. The summed E-state index contributed by atoms with van der Waals surface area (Å²) in [6, 6.07) is 5.11. The van der Waals surface area contributed by atoms with Crippen LogP contribution >= 0.6 is 0 Å². The van der Waals surface area contributed by atoms with E-state index >= 15 is 0 Å². The number of likely N-dealkylation sites (N-methyl/N-ethyl adjacent to an activating group) is 1. The van der Waals surface area contributed by atoms with Gasteiger partial charge in [-0.15, -0.1) is 0 Å². The lowest BCUT2D eigenvalue weighted by atomic mass is 9.98. The molecule has 0 saturated heterocycles. The zero-order valence-corrected chi connectivity index (χ0v) is 8.74. The van der Waals surface area contributed by atoms with Gasteiger partial charge in [-0.1, -0.05) is 6.07 Å². The highest BCUT2D eigenvalue weighted by atomic mass is 19.1. The number of carbonyl (C=O) groups is 1. The average Bonchev–Trinajstić information content (AvgIpc) is 2.59. The highest BCUT2D eigenvalue weighted by molar-refractivity contribution is 5.64. The molecule has 0 radical (unpaired) electrons. The van der Waals surface area contributed by atoms with E-state index in [9.17, 15) is 9.18 Å². The monoisotopic (exact) mass is 207 g/mol. The van der Waals surface area contributed by atoms with E-state index in [1.54, 1.807) is 6.07 Å². The van der Waals surface area contributed by atoms with Gasteiger partial charge in [0, 0.05) is 36.7 Å². The van der Waals surface area contributed by atoms with Gasteiger partial charge >= 0.3 is 0 Å². The first-order chi connectivity index (χ1) is 7.27. The molecule has 0 bridgehead atoms. The third-order valence-corrected chi connectivity index (χ3v) is 2.98. The Labute approximate surface area is 88.7 Å². The lowest BCUT2D eigenvalue weighted by Crippen LogP contribution is -2.21. The van der Waals surface area contributed by atoms with Crippen LogP contribution in [-0.2, 0) is 4.79 Å². The van der Waals surface area contributed by atoms with Crippen molar-refractivity contribution in [3.63, 3.8) is 0 Å². The zero-order chi connectivity index (χ0) is 10.8.